The Morgan fingerprint density at radius 2 is 1.60 bits per heavy atom. The molecule has 0 saturated heterocycles. The first-order valence-corrected chi connectivity index (χ1v) is 7.44. The lowest BCUT2D eigenvalue weighted by Crippen LogP contribution is -2.32. The van der Waals surface area contributed by atoms with Crippen LogP contribution in [0.3, 0.4) is 0 Å². The van der Waals surface area contributed by atoms with Crippen LogP contribution in [0.5, 0.6) is 11.5 Å². The number of hydrogen-bond acceptors (Lipinski definition) is 4. The fraction of sp³-hybridized carbons (Fsp3) is 0.0526. The van der Waals surface area contributed by atoms with Gasteiger partial charge in [-0.2, -0.15) is 0 Å². The molecular weight excluding hydrogens is 325 g/mol. The van der Waals surface area contributed by atoms with Crippen LogP contribution in [0, 0.1) is 5.82 Å². The van der Waals surface area contributed by atoms with Gasteiger partial charge in [0.05, 0.1) is 18.2 Å². The van der Waals surface area contributed by atoms with Crippen LogP contribution in [0.4, 0.5) is 4.39 Å². The summed E-state index contributed by atoms with van der Waals surface area (Å²) >= 11 is 0. The number of carbonyl (C=O) groups is 1. The van der Waals surface area contributed by atoms with Crippen molar-refractivity contribution in [2.24, 2.45) is 0 Å². The van der Waals surface area contributed by atoms with E-state index in [1.165, 1.54) is 49.7 Å². The Morgan fingerprint density at radius 3 is 2.20 bits per heavy atom. The van der Waals surface area contributed by atoms with Crippen LogP contribution >= 0.6 is 0 Å². The molecule has 2 aromatic carbocycles. The summed E-state index contributed by atoms with van der Waals surface area (Å²) in [6.07, 6.45) is 1.37. The largest absolute Gasteiger partial charge is 0.465 e. The highest BCUT2D eigenvalue weighted by atomic mass is 19.1. The molecule has 6 heteroatoms. The first-order chi connectivity index (χ1) is 12.1. The van der Waals surface area contributed by atoms with Crippen LogP contribution in [0.2, 0.25) is 0 Å². The highest BCUT2D eigenvalue weighted by Crippen LogP contribution is 2.25. The number of esters is 1. The third kappa shape index (κ3) is 3.74. The first-order valence-electron chi connectivity index (χ1n) is 7.44. The molecule has 0 unspecified atom stereocenters. The molecule has 0 aliphatic heterocycles. The Bertz CT molecular complexity index is 892. The number of carbonyl (C=O) groups excluding carboxylic acids is 1. The predicted octanol–water partition coefficient (Wildman–Crippen LogP) is 3.60. The molecule has 0 atom stereocenters. The molecule has 0 radical (unpaired) electrons. The van der Waals surface area contributed by atoms with Crippen molar-refractivity contribution in [3.63, 3.8) is 0 Å². The fourth-order valence-corrected chi connectivity index (χ4v) is 2.29. The highest BCUT2D eigenvalue weighted by Gasteiger charge is 2.17. The molecule has 0 bridgehead atoms. The average Bonchev–Trinajstić information content (AvgIpc) is 2.64. The van der Waals surface area contributed by atoms with Gasteiger partial charge < -0.3 is 9.47 Å². The van der Waals surface area contributed by atoms with Crippen molar-refractivity contribution in [1.29, 1.82) is 0 Å². The van der Waals surface area contributed by atoms with Crippen LogP contribution in [0.1, 0.15) is 10.4 Å². The lowest BCUT2D eigenvalue weighted by Gasteiger charge is -2.06. The average molecular weight is 340 g/mol. The molecule has 0 spiro atoms. The maximum Gasteiger partial charge on any atom is 0.338 e. The van der Waals surface area contributed by atoms with E-state index < -0.39 is 5.97 Å². The lowest BCUT2D eigenvalue weighted by atomic mass is 10.1. The third-order valence-electron chi connectivity index (χ3n) is 3.55. The number of halogens is 1. The predicted molar refractivity (Wildman–Crippen MR) is 87.1 cm³/mol. The number of aromatic nitrogens is 1. The Balaban J connectivity index is 1.85. The van der Waals surface area contributed by atoms with Crippen molar-refractivity contribution in [2.75, 3.05) is 7.11 Å². The van der Waals surface area contributed by atoms with Crippen molar-refractivity contribution < 1.29 is 28.6 Å². The van der Waals surface area contributed by atoms with Gasteiger partial charge in [-0.15, -0.1) is 0 Å². The second-order valence-corrected chi connectivity index (χ2v) is 5.22. The van der Waals surface area contributed by atoms with E-state index in [0.717, 1.165) is 4.73 Å². The molecule has 0 aliphatic carbocycles. The molecular formula is C19H15FNO4+. The van der Waals surface area contributed by atoms with Crippen molar-refractivity contribution in [3.05, 3.63) is 78.2 Å². The monoisotopic (exact) mass is 340 g/mol. The van der Waals surface area contributed by atoms with Crippen LogP contribution < -0.4 is 9.47 Å². The van der Waals surface area contributed by atoms with Crippen LogP contribution in [-0.4, -0.2) is 18.3 Å². The smallest absolute Gasteiger partial charge is 0.338 e. The molecule has 1 N–H and O–H groups in total. The quantitative estimate of drug-likeness (QED) is 0.448. The van der Waals surface area contributed by atoms with E-state index in [1.54, 1.807) is 24.3 Å². The van der Waals surface area contributed by atoms with Gasteiger partial charge in [0, 0.05) is 16.9 Å². The van der Waals surface area contributed by atoms with Gasteiger partial charge in [0.25, 0.3) is 5.69 Å². The SMILES string of the molecule is COC(=O)c1cc[n+](O)c(-c2ccc(Oc3ccc(F)cc3)cc2)c1. The molecule has 0 saturated carbocycles. The van der Waals surface area contributed by atoms with E-state index in [1.807, 2.05) is 0 Å². The minimum atomic E-state index is -0.488. The van der Waals surface area contributed by atoms with Gasteiger partial charge in [-0.25, -0.2) is 9.18 Å². The zero-order valence-corrected chi connectivity index (χ0v) is 13.3. The number of methoxy groups -OCH3 is 1. The zero-order valence-electron chi connectivity index (χ0n) is 13.3. The minimum absolute atomic E-state index is 0.328. The van der Waals surface area contributed by atoms with Crippen LogP contribution in [0.25, 0.3) is 11.3 Å². The molecule has 25 heavy (non-hydrogen) atoms. The van der Waals surface area contributed by atoms with E-state index in [4.69, 9.17) is 4.74 Å². The molecule has 3 aromatic rings. The summed E-state index contributed by atoms with van der Waals surface area (Å²) in [5.74, 6) is 0.252. The van der Waals surface area contributed by atoms with Crippen molar-refractivity contribution in [1.82, 2.24) is 0 Å². The number of nitrogens with zero attached hydrogens (tertiary/aromatic N) is 1. The minimum Gasteiger partial charge on any atom is -0.465 e. The molecule has 0 amide bonds. The van der Waals surface area contributed by atoms with Gasteiger partial charge in [-0.05, 0) is 48.5 Å². The summed E-state index contributed by atoms with van der Waals surface area (Å²) in [4.78, 5) is 11.6. The molecule has 0 fully saturated rings. The number of ether oxygens (including phenoxy) is 2. The summed E-state index contributed by atoms with van der Waals surface area (Å²) in [7, 11) is 1.30. The number of rotatable bonds is 4. The van der Waals surface area contributed by atoms with E-state index in [2.05, 4.69) is 4.74 Å². The molecule has 3 rings (SSSR count). The van der Waals surface area contributed by atoms with Crippen LogP contribution in [0.15, 0.2) is 66.9 Å². The van der Waals surface area contributed by atoms with E-state index in [9.17, 15) is 14.4 Å². The van der Waals surface area contributed by atoms with Gasteiger partial charge in [-0.1, -0.05) is 0 Å². The summed E-state index contributed by atoms with van der Waals surface area (Å²) in [5, 5.41) is 9.97. The molecule has 5 nitrogen and oxygen atoms in total. The fourth-order valence-electron chi connectivity index (χ4n) is 2.29. The summed E-state index contributed by atoms with van der Waals surface area (Å²) < 4.78 is 24.1. The molecule has 1 aromatic heterocycles. The Kier molecular flexibility index (Phi) is 4.61. The zero-order chi connectivity index (χ0) is 17.8. The van der Waals surface area contributed by atoms with Gasteiger partial charge in [0.1, 0.15) is 17.3 Å². The first kappa shape index (κ1) is 16.4. The van der Waals surface area contributed by atoms with Crippen molar-refractivity contribution in [3.8, 4) is 22.8 Å². The molecule has 1 heterocycles. The lowest BCUT2D eigenvalue weighted by molar-refractivity contribution is -0.896. The van der Waals surface area contributed by atoms with Crippen molar-refractivity contribution in [2.45, 2.75) is 0 Å². The van der Waals surface area contributed by atoms with E-state index in [-0.39, 0.29) is 5.82 Å². The van der Waals surface area contributed by atoms with Crippen molar-refractivity contribution >= 4 is 5.97 Å². The Morgan fingerprint density at radius 1 is 1.00 bits per heavy atom. The summed E-state index contributed by atoms with van der Waals surface area (Å²) in [6, 6.07) is 15.6. The Hall–Kier alpha value is -3.41. The maximum atomic E-state index is 12.9. The Labute approximate surface area is 143 Å². The number of benzene rings is 2. The number of hydrogen-bond donors (Lipinski definition) is 1. The topological polar surface area (TPSA) is 59.6 Å². The summed E-state index contributed by atoms with van der Waals surface area (Å²) in [6.45, 7) is 0. The molecule has 0 aliphatic rings. The van der Waals surface area contributed by atoms with Gasteiger partial charge in [0.2, 0.25) is 6.20 Å². The maximum absolute atomic E-state index is 12.9. The van der Waals surface area contributed by atoms with E-state index in [0.29, 0.717) is 28.3 Å². The van der Waals surface area contributed by atoms with E-state index >= 15 is 0 Å². The second-order valence-electron chi connectivity index (χ2n) is 5.22. The second kappa shape index (κ2) is 7.00. The molecule has 126 valence electrons. The third-order valence-corrected chi connectivity index (χ3v) is 3.55. The van der Waals surface area contributed by atoms with Gasteiger partial charge in [-0.3, -0.25) is 5.21 Å². The standard InChI is InChI=1S/C19H15FNO4/c1-24-19(22)14-10-11-21(23)18(12-14)13-2-6-16(7-3-13)25-17-8-4-15(20)5-9-17/h2-12,23H,1H3/q+1. The highest BCUT2D eigenvalue weighted by molar-refractivity contribution is 5.90. The van der Waals surface area contributed by atoms with Gasteiger partial charge in [0.15, 0.2) is 0 Å². The normalized spacial score (nSPS) is 10.3. The summed E-state index contributed by atoms with van der Waals surface area (Å²) in [5.41, 5.74) is 1.44. The number of pyridine rings is 1. The van der Waals surface area contributed by atoms with Gasteiger partial charge >= 0.3 is 5.97 Å². The van der Waals surface area contributed by atoms with Crippen LogP contribution in [-0.2, 0) is 4.74 Å².